The smallest absolute Gasteiger partial charge is 0.535 e. The van der Waals surface area contributed by atoms with E-state index in [0.29, 0.717) is 60.4 Å². The van der Waals surface area contributed by atoms with Gasteiger partial charge in [0.15, 0.2) is 5.78 Å². The number of piperazine rings is 1. The van der Waals surface area contributed by atoms with Crippen LogP contribution in [0.25, 0.3) is 55.9 Å². The Kier molecular flexibility index (Phi) is 45.1. The number of allylic oxidation sites excluding steroid dienone is 2. The molecule has 3 aromatic carbocycles. The average molecular weight is 2200 g/mol. The van der Waals surface area contributed by atoms with Gasteiger partial charge in [-0.15, -0.1) is 0 Å². The first-order valence-electron chi connectivity index (χ1n) is 47.7. The van der Waals surface area contributed by atoms with Crippen molar-refractivity contribution in [1.29, 1.82) is 0 Å². The van der Waals surface area contributed by atoms with Gasteiger partial charge in [-0.2, -0.15) is 0 Å². The maximum Gasteiger partial charge on any atom is 0.569 e. The number of ether oxygens (including phenoxy) is 5. The number of aromatic nitrogens is 11. The summed E-state index contributed by atoms with van der Waals surface area (Å²) in [5.41, 5.74) is 31.3. The lowest BCUT2D eigenvalue weighted by Gasteiger charge is -2.36. The molecule has 1 radical (unpaired) electrons. The number of nitrogens with two attached hydrogens (primary N) is 3. The number of morpholine rings is 5. The summed E-state index contributed by atoms with van der Waals surface area (Å²) in [5.74, 6) is 4.80. The molecule has 32 nitrogen and oxygen atoms in total. The summed E-state index contributed by atoms with van der Waals surface area (Å²) in [7, 11) is 1.80. The number of hydrogen-bond donors (Lipinski definition) is 5. The highest BCUT2D eigenvalue weighted by atomic mass is 127. The van der Waals surface area contributed by atoms with Crippen LogP contribution in [0, 0.1) is 7.14 Å². The third kappa shape index (κ3) is 35.7. The average Bonchev–Trinajstić information content (AvgIpc) is 0.800. The molecule has 0 bridgehead atoms. The van der Waals surface area contributed by atoms with E-state index < -0.39 is 0 Å². The van der Waals surface area contributed by atoms with Gasteiger partial charge < -0.3 is 95.1 Å². The van der Waals surface area contributed by atoms with E-state index in [1.54, 1.807) is 43.0 Å². The maximum absolute atomic E-state index is 12.6. The lowest BCUT2D eigenvalue weighted by atomic mass is 10.0. The summed E-state index contributed by atoms with van der Waals surface area (Å²) in [4.78, 5) is 88.8. The lowest BCUT2D eigenvalue weighted by molar-refractivity contribution is -0.132. The molecule has 0 saturated carbocycles. The summed E-state index contributed by atoms with van der Waals surface area (Å²) in [6.07, 6.45) is 19.6. The molecule has 0 spiro atoms. The molecule has 8 saturated heterocycles. The number of rotatable bonds is 18. The number of piperidine rings is 2. The number of anilines is 10. The normalized spacial score (nSPS) is 15.8. The summed E-state index contributed by atoms with van der Waals surface area (Å²) in [6, 6.07) is 46.2. The van der Waals surface area contributed by atoms with E-state index >= 15 is 0 Å². The summed E-state index contributed by atoms with van der Waals surface area (Å²) >= 11 is 27.7. The second-order valence-corrected chi connectivity index (χ2v) is 36.9. The van der Waals surface area contributed by atoms with Crippen molar-refractivity contribution in [3.63, 3.8) is 0 Å². The molecule has 8 aromatic heterocycles. The largest absolute Gasteiger partial charge is 0.569 e. The minimum atomic E-state index is 0.0114. The molecule has 8 fully saturated rings. The first-order chi connectivity index (χ1) is 68.2. The molecule has 0 aliphatic carbocycles. The number of hydrogen-bond acceptors (Lipinski definition) is 31. The van der Waals surface area contributed by atoms with E-state index in [1.807, 2.05) is 50.8 Å². The zero-order chi connectivity index (χ0) is 99.3. The molecule has 0 atom stereocenters. The van der Waals surface area contributed by atoms with Gasteiger partial charge in [0.25, 0.3) is 0 Å². The van der Waals surface area contributed by atoms with Crippen molar-refractivity contribution in [2.24, 2.45) is 0 Å². The Morgan fingerprint density at radius 3 is 1.06 bits per heavy atom. The second kappa shape index (κ2) is 58.2. The number of nitrogens with one attached hydrogen (secondary N) is 1. The van der Waals surface area contributed by atoms with Crippen LogP contribution in [0.2, 0.25) is 20.6 Å². The van der Waals surface area contributed by atoms with Gasteiger partial charge in [-0.1, -0.05) is 110 Å². The van der Waals surface area contributed by atoms with Crippen molar-refractivity contribution in [2.75, 3.05) is 235 Å². The van der Waals surface area contributed by atoms with Gasteiger partial charge in [0.1, 0.15) is 49.6 Å². The number of amides is 1. The molecule has 19 rings (SSSR count). The van der Waals surface area contributed by atoms with E-state index in [0.717, 1.165) is 231 Å². The Balaban J connectivity index is 0.000000168. The predicted octanol–water partition coefficient (Wildman–Crippen LogP) is 16.8. The summed E-state index contributed by atoms with van der Waals surface area (Å²) < 4.78 is 39.2. The third-order valence-electron chi connectivity index (χ3n) is 22.9. The lowest BCUT2D eigenvalue weighted by Crippen LogP contribution is -2.48. The van der Waals surface area contributed by atoms with Crippen molar-refractivity contribution < 1.29 is 44.3 Å². The van der Waals surface area contributed by atoms with Crippen LogP contribution in [-0.2, 0) is 33.3 Å². The number of carbonyl (C=O) groups is 2. The first kappa shape index (κ1) is 108. The Labute approximate surface area is 865 Å². The van der Waals surface area contributed by atoms with Gasteiger partial charge in [-0.05, 0) is 234 Å². The Morgan fingerprint density at radius 2 is 0.727 bits per heavy atom. The van der Waals surface area contributed by atoms with Crippen molar-refractivity contribution >= 4 is 169 Å². The zero-order valence-electron chi connectivity index (χ0n) is 80.5. The standard InChI is InChI=1S/C31H37N7O3.C24H28N6O.C20H24ClN3O.C9H10ClIN2O.C5H2Cl2IN.C4H5BN3O2.C4H9NO.C2H6.CH4/c1-22(2)17-27(39)7-8-30(40)38-11-9-36(10-12-38)26-5-3-23(4-6-26)24-18-28(25-20-33-31(32)34-21-25)35-29(19-24)37-13-15-41-16-14-37;25-24-26-16-20(17-27-24)22-14-19(15-23(28-22)30-10-12-31-13-11-30)18-4-6-21(7-5-18)29-8-2-1-3-9-29;21-19-14-17(15-20(22-19)24-10-12-25-13-11-24)16-4-6-18(7-5-16)23-8-2-1-3-9-23;10-8-5-7(11)6-9(12-8)13-1-3-14-4-2-13;6-4-1-3(8)2-5(7)9-4;6-4-7-1-3(2-8-4)10-5-9;1-3-6-4-2-5-1;1-2;/h3-6,17-21H,7-16H2,1-2H3,(H2,32,33,34);4-7,14-17H,1-3,8-13H2,(H2,25,26,27);4-7,14-15H,1-3,8-13H2;5-6H,1-4H2;1-2H;1-2,9H,(H2,6,7,8);5H,1-4H2;1-2H3;1H4/i;;;;;;;;1D. The monoisotopic (exact) mass is 2200 g/mol. The van der Waals surface area contributed by atoms with E-state index in [-0.39, 0.29) is 42.4 Å². The van der Waals surface area contributed by atoms with E-state index in [9.17, 15) is 9.59 Å². The SMILES string of the molecule is C1COCCN1.CC.CC(C)=CC(=O)CCC(=O)N1CCN(c2ccc(-c3cc(-c4cnc(N)nc4)nc(N4CCOCC4)c3)cc2)CC1.Clc1cc(-c2ccc(N3CCCCC3)cc2)cc(N2CCOCC2)n1.Clc1cc(I)cc(Cl)n1.Clc1cc(I)cc(N2CCOCC2)n1.Nc1ncc(-c2cc(-c3ccc(N4CCCCC4)cc3)cc(N3CCOCC3)n2)cn1.Nc1ncc(O[B]O)cn1.[2H]C. The van der Waals surface area contributed by atoms with Crippen LogP contribution in [-0.4, -0.2) is 268 Å². The highest BCUT2D eigenvalue weighted by molar-refractivity contribution is 14.1. The van der Waals surface area contributed by atoms with Crippen LogP contribution in [0.4, 0.5) is 58.2 Å². The van der Waals surface area contributed by atoms with Crippen molar-refractivity contribution in [3.05, 3.63) is 210 Å². The van der Waals surface area contributed by atoms with Gasteiger partial charge in [0, 0.05) is 192 Å². The van der Waals surface area contributed by atoms with Gasteiger partial charge in [0.2, 0.25) is 23.8 Å². The molecule has 739 valence electrons. The summed E-state index contributed by atoms with van der Waals surface area (Å²) in [6.45, 7) is 31.6. The second-order valence-electron chi connectivity index (χ2n) is 32.8. The molecule has 8 N–H and O–H groups in total. The summed E-state index contributed by atoms with van der Waals surface area (Å²) in [5, 5.41) is 13.3. The number of nitrogen functional groups attached to an aromatic ring is 3. The highest BCUT2D eigenvalue weighted by Gasteiger charge is 2.25. The maximum atomic E-state index is 12.6. The van der Waals surface area contributed by atoms with E-state index in [2.05, 4.69) is 237 Å². The van der Waals surface area contributed by atoms with E-state index in [4.69, 9.17) is 104 Å². The van der Waals surface area contributed by atoms with Crippen molar-refractivity contribution in [1.82, 2.24) is 65.0 Å². The fraction of sp³-hybridized carbons (Fsp3) is 0.410. The molecular formula is C100H125BCl4I2N23O9. The van der Waals surface area contributed by atoms with Crippen LogP contribution in [0.5, 0.6) is 5.75 Å². The van der Waals surface area contributed by atoms with Crippen LogP contribution in [0.15, 0.2) is 182 Å². The number of ketones is 1. The Hall–Kier alpha value is -10.3. The van der Waals surface area contributed by atoms with Gasteiger partial charge in [-0.25, -0.2) is 54.8 Å². The predicted molar refractivity (Wildman–Crippen MR) is 577 cm³/mol. The van der Waals surface area contributed by atoms with Crippen LogP contribution < -0.4 is 61.5 Å². The van der Waals surface area contributed by atoms with Crippen LogP contribution >= 0.6 is 91.6 Å². The molecule has 8 aliphatic rings. The number of halogens is 6. The molecule has 8 aliphatic heterocycles. The van der Waals surface area contributed by atoms with Gasteiger partial charge in [-0.3, -0.25) is 9.59 Å². The zero-order valence-corrected chi connectivity index (χ0v) is 86.8. The topological polar surface area (TPSA) is 368 Å². The van der Waals surface area contributed by atoms with Gasteiger partial charge >= 0.3 is 7.69 Å². The third-order valence-corrected chi connectivity index (χ3v) is 24.9. The molecular weight excluding hydrogens is 2070 g/mol. The molecule has 16 heterocycles. The first-order valence-corrected chi connectivity index (χ1v) is 50.3. The van der Waals surface area contributed by atoms with Crippen molar-refractivity contribution in [2.45, 2.75) is 86.5 Å². The van der Waals surface area contributed by atoms with Crippen molar-refractivity contribution in [3.8, 4) is 61.6 Å². The number of nitrogens with zero attached hydrogens (tertiary/aromatic N) is 19. The fourth-order valence-corrected chi connectivity index (χ4v) is 18.4. The number of pyridine rings is 5. The quantitative estimate of drug-likeness (QED) is 0.0230. The fourth-order valence-electron chi connectivity index (χ4n) is 15.8. The number of benzene rings is 3. The minimum Gasteiger partial charge on any atom is -0.535 e. The molecule has 11 aromatic rings. The van der Waals surface area contributed by atoms with E-state index in [1.165, 1.54) is 93.9 Å². The molecule has 139 heavy (non-hydrogen) atoms. The molecule has 1 amide bonds. The Bertz CT molecular complexity index is 5520. The highest BCUT2D eigenvalue weighted by Crippen LogP contribution is 2.36. The van der Waals surface area contributed by atoms with Gasteiger partial charge in [0.05, 0.1) is 89.9 Å². The molecule has 0 unspecified atom stereocenters. The van der Waals surface area contributed by atoms with Crippen LogP contribution in [0.3, 0.4) is 0 Å². The number of carbonyl (C=O) groups excluding carboxylic acids is 2. The minimum absolute atomic E-state index is 0.0114. The van der Waals surface area contributed by atoms with Crippen LogP contribution in [0.1, 0.15) is 87.8 Å². The molecule has 39 heteroatoms. The Morgan fingerprint density at radius 1 is 0.403 bits per heavy atom.